The summed E-state index contributed by atoms with van der Waals surface area (Å²) < 4.78 is 40.0. The quantitative estimate of drug-likeness (QED) is 0.413. The van der Waals surface area contributed by atoms with E-state index in [1.807, 2.05) is 4.90 Å². The molecule has 28 heavy (non-hydrogen) atoms. The number of rotatable bonds is 5. The van der Waals surface area contributed by atoms with Crippen LogP contribution < -0.4 is 10.8 Å². The van der Waals surface area contributed by atoms with E-state index in [9.17, 15) is 22.8 Å². The summed E-state index contributed by atoms with van der Waals surface area (Å²) in [5.74, 6) is -5.36. The summed E-state index contributed by atoms with van der Waals surface area (Å²) in [5.41, 5.74) is 2.37. The first kappa shape index (κ1) is 19.8. The standard InChI is InChI=1S/C19H18F3N3O3/c1-25-7-6-15(25)18(26)23-17(19(27)24-28)11-4-2-10(3-5-11)12-8-13(20)16(22)14(21)9-12/h2-5,8-9,15,17,28H,6-7H2,1H3,(H,23,26)(H,24,27). The highest BCUT2D eigenvalue weighted by Crippen LogP contribution is 2.26. The van der Waals surface area contributed by atoms with Crippen LogP contribution in [0, 0.1) is 17.5 Å². The number of likely N-dealkylation sites (N-methyl/N-ethyl adjacent to an activating group) is 1. The predicted molar refractivity (Wildman–Crippen MR) is 93.6 cm³/mol. The van der Waals surface area contributed by atoms with Crippen LogP contribution in [0.5, 0.6) is 0 Å². The van der Waals surface area contributed by atoms with Gasteiger partial charge in [0.2, 0.25) is 5.91 Å². The van der Waals surface area contributed by atoms with Crippen molar-refractivity contribution in [3.8, 4) is 11.1 Å². The molecule has 1 aliphatic rings. The molecule has 3 N–H and O–H groups in total. The fourth-order valence-corrected chi connectivity index (χ4v) is 3.04. The van der Waals surface area contributed by atoms with Crippen molar-refractivity contribution in [3.63, 3.8) is 0 Å². The molecule has 2 atom stereocenters. The van der Waals surface area contributed by atoms with Crippen LogP contribution in [0.2, 0.25) is 0 Å². The summed E-state index contributed by atoms with van der Waals surface area (Å²) in [6.45, 7) is 0.772. The molecule has 1 fully saturated rings. The largest absolute Gasteiger partial charge is 0.339 e. The molecule has 2 aromatic carbocycles. The van der Waals surface area contributed by atoms with Crippen LogP contribution in [-0.2, 0) is 9.59 Å². The molecule has 2 amide bonds. The topological polar surface area (TPSA) is 81.7 Å². The Morgan fingerprint density at radius 2 is 1.71 bits per heavy atom. The first-order valence-corrected chi connectivity index (χ1v) is 8.51. The number of benzene rings is 2. The van der Waals surface area contributed by atoms with E-state index < -0.39 is 29.4 Å². The number of nitrogens with zero attached hydrogens (tertiary/aromatic N) is 1. The molecule has 0 aromatic heterocycles. The Hall–Kier alpha value is -2.91. The molecule has 1 aliphatic heterocycles. The van der Waals surface area contributed by atoms with Crippen molar-refractivity contribution in [2.75, 3.05) is 13.6 Å². The smallest absolute Gasteiger partial charge is 0.270 e. The maximum atomic E-state index is 13.4. The number of hydrogen-bond donors (Lipinski definition) is 3. The van der Waals surface area contributed by atoms with E-state index in [0.717, 1.165) is 18.7 Å². The first-order valence-electron chi connectivity index (χ1n) is 8.51. The molecule has 6 nitrogen and oxygen atoms in total. The van der Waals surface area contributed by atoms with E-state index in [4.69, 9.17) is 5.21 Å². The summed E-state index contributed by atoms with van der Waals surface area (Å²) in [6, 6.07) is 6.11. The van der Waals surface area contributed by atoms with Crippen molar-refractivity contribution in [1.29, 1.82) is 0 Å². The average molecular weight is 393 g/mol. The van der Waals surface area contributed by atoms with Crippen LogP contribution in [0.3, 0.4) is 0 Å². The van der Waals surface area contributed by atoms with Crippen molar-refractivity contribution >= 4 is 11.8 Å². The zero-order valence-corrected chi connectivity index (χ0v) is 14.9. The Bertz CT molecular complexity index is 882. The van der Waals surface area contributed by atoms with E-state index in [-0.39, 0.29) is 17.5 Å². The third-order valence-electron chi connectivity index (χ3n) is 4.81. The van der Waals surface area contributed by atoms with Crippen molar-refractivity contribution < 1.29 is 28.0 Å². The summed E-state index contributed by atoms with van der Waals surface area (Å²) >= 11 is 0. The minimum atomic E-state index is -1.55. The molecule has 1 heterocycles. The molecule has 2 aromatic rings. The highest BCUT2D eigenvalue weighted by atomic mass is 19.2. The van der Waals surface area contributed by atoms with E-state index >= 15 is 0 Å². The van der Waals surface area contributed by atoms with Crippen LogP contribution in [0.1, 0.15) is 18.0 Å². The van der Waals surface area contributed by atoms with Gasteiger partial charge in [-0.1, -0.05) is 24.3 Å². The highest BCUT2D eigenvalue weighted by molar-refractivity contribution is 5.90. The maximum absolute atomic E-state index is 13.4. The minimum Gasteiger partial charge on any atom is -0.339 e. The van der Waals surface area contributed by atoms with Crippen molar-refractivity contribution in [1.82, 2.24) is 15.7 Å². The normalized spacial score (nSPS) is 17.5. The second-order valence-corrected chi connectivity index (χ2v) is 6.58. The Kier molecular flexibility index (Phi) is 5.66. The highest BCUT2D eigenvalue weighted by Gasteiger charge is 2.33. The average Bonchev–Trinajstić information content (AvgIpc) is 2.68. The molecule has 3 rings (SSSR count). The van der Waals surface area contributed by atoms with Crippen molar-refractivity contribution in [3.05, 3.63) is 59.4 Å². The Morgan fingerprint density at radius 3 is 2.18 bits per heavy atom. The zero-order chi connectivity index (χ0) is 20.4. The number of hydrogen-bond acceptors (Lipinski definition) is 4. The number of nitrogens with one attached hydrogen (secondary N) is 2. The molecule has 0 saturated carbocycles. The molecule has 9 heteroatoms. The third kappa shape index (κ3) is 3.85. The van der Waals surface area contributed by atoms with E-state index in [1.165, 1.54) is 29.7 Å². The van der Waals surface area contributed by atoms with Gasteiger partial charge in [-0.05, 0) is 42.3 Å². The van der Waals surface area contributed by atoms with Gasteiger partial charge in [0.1, 0.15) is 6.04 Å². The van der Waals surface area contributed by atoms with Crippen molar-refractivity contribution in [2.45, 2.75) is 18.5 Å². The molecule has 0 aliphatic carbocycles. The van der Waals surface area contributed by atoms with Gasteiger partial charge in [-0.2, -0.15) is 0 Å². The van der Waals surface area contributed by atoms with Gasteiger partial charge in [0.05, 0.1) is 6.04 Å². The number of amides is 2. The summed E-state index contributed by atoms with van der Waals surface area (Å²) in [4.78, 5) is 26.1. The van der Waals surface area contributed by atoms with E-state index in [2.05, 4.69) is 5.32 Å². The molecule has 2 unspecified atom stereocenters. The molecule has 0 bridgehead atoms. The Labute approximate surface area is 158 Å². The molecule has 0 spiro atoms. The maximum Gasteiger partial charge on any atom is 0.270 e. The lowest BCUT2D eigenvalue weighted by Gasteiger charge is -2.37. The van der Waals surface area contributed by atoms with Gasteiger partial charge in [-0.15, -0.1) is 0 Å². The third-order valence-corrected chi connectivity index (χ3v) is 4.81. The monoisotopic (exact) mass is 393 g/mol. The Balaban J connectivity index is 1.84. The van der Waals surface area contributed by atoms with Gasteiger partial charge < -0.3 is 5.32 Å². The van der Waals surface area contributed by atoms with Crippen LogP contribution in [0.4, 0.5) is 13.2 Å². The van der Waals surface area contributed by atoms with Crippen LogP contribution in [0.25, 0.3) is 11.1 Å². The number of likely N-dealkylation sites (tertiary alicyclic amines) is 1. The Morgan fingerprint density at radius 1 is 1.11 bits per heavy atom. The number of halogens is 3. The van der Waals surface area contributed by atoms with Gasteiger partial charge in [0.25, 0.3) is 5.91 Å². The molecule has 148 valence electrons. The summed E-state index contributed by atoms with van der Waals surface area (Å²) in [6.07, 6.45) is 0.663. The molecular formula is C19H18F3N3O3. The number of carbonyl (C=O) groups excluding carboxylic acids is 2. The van der Waals surface area contributed by atoms with Gasteiger partial charge in [0, 0.05) is 6.54 Å². The number of carbonyl (C=O) groups is 2. The fourth-order valence-electron chi connectivity index (χ4n) is 3.04. The second kappa shape index (κ2) is 7.99. The molecule has 1 saturated heterocycles. The predicted octanol–water partition coefficient (Wildman–Crippen LogP) is 2.14. The van der Waals surface area contributed by atoms with E-state index in [0.29, 0.717) is 17.5 Å². The van der Waals surface area contributed by atoms with Crippen LogP contribution in [-0.4, -0.2) is 41.6 Å². The summed E-state index contributed by atoms with van der Waals surface area (Å²) in [5, 5.41) is 11.6. The van der Waals surface area contributed by atoms with Gasteiger partial charge in [0.15, 0.2) is 17.5 Å². The molecular weight excluding hydrogens is 375 g/mol. The molecule has 0 radical (unpaired) electrons. The number of hydroxylamine groups is 1. The van der Waals surface area contributed by atoms with Crippen LogP contribution >= 0.6 is 0 Å². The van der Waals surface area contributed by atoms with E-state index in [1.54, 1.807) is 7.05 Å². The van der Waals surface area contributed by atoms with Crippen molar-refractivity contribution in [2.24, 2.45) is 0 Å². The van der Waals surface area contributed by atoms with Gasteiger partial charge in [-0.3, -0.25) is 19.7 Å². The minimum absolute atomic E-state index is 0.117. The lowest BCUT2D eigenvalue weighted by Crippen LogP contribution is -2.55. The summed E-state index contributed by atoms with van der Waals surface area (Å²) in [7, 11) is 1.78. The van der Waals surface area contributed by atoms with Gasteiger partial charge >= 0.3 is 0 Å². The van der Waals surface area contributed by atoms with Crippen LogP contribution in [0.15, 0.2) is 36.4 Å². The second-order valence-electron chi connectivity index (χ2n) is 6.58. The fraction of sp³-hybridized carbons (Fsp3) is 0.263. The first-order chi connectivity index (χ1) is 13.3. The SMILES string of the molecule is CN1CCC1C(=O)NC(C(=O)NO)c1ccc(-c2cc(F)c(F)c(F)c2)cc1. The lowest BCUT2D eigenvalue weighted by atomic mass is 9.98. The lowest BCUT2D eigenvalue weighted by molar-refractivity contribution is -0.138. The zero-order valence-electron chi connectivity index (χ0n) is 14.9. The van der Waals surface area contributed by atoms with Gasteiger partial charge in [-0.25, -0.2) is 18.7 Å².